The lowest BCUT2D eigenvalue weighted by atomic mass is 10.2. The molecule has 0 fully saturated rings. The van der Waals surface area contributed by atoms with Crippen LogP contribution >= 0.6 is 15.9 Å². The van der Waals surface area contributed by atoms with Crippen LogP contribution in [-0.4, -0.2) is 14.2 Å². The highest BCUT2D eigenvalue weighted by Gasteiger charge is 2.14. The second-order valence-corrected chi connectivity index (χ2v) is 6.85. The summed E-state index contributed by atoms with van der Waals surface area (Å²) in [6.07, 6.45) is 1.52. The summed E-state index contributed by atoms with van der Waals surface area (Å²) in [5.74, 6) is 0.181. The summed E-state index contributed by atoms with van der Waals surface area (Å²) in [7, 11) is -3.02. The van der Waals surface area contributed by atoms with Crippen LogP contribution in [0.25, 0.3) is 11.0 Å². The molecule has 0 unspecified atom stereocenters. The fourth-order valence-corrected chi connectivity index (χ4v) is 2.77. The Morgan fingerprint density at radius 3 is 2.81 bits per heavy atom. The van der Waals surface area contributed by atoms with Crippen molar-refractivity contribution in [3.63, 3.8) is 0 Å². The van der Waals surface area contributed by atoms with Crippen molar-refractivity contribution in [3.05, 3.63) is 34.5 Å². The number of halogens is 1. The van der Waals surface area contributed by atoms with Crippen LogP contribution in [0.15, 0.2) is 33.4 Å². The minimum Gasteiger partial charge on any atom is -0.464 e. The molecular formula is C11H11BrO3S. The molecule has 5 heteroatoms. The molecule has 0 N–H and O–H groups in total. The van der Waals surface area contributed by atoms with Crippen molar-refractivity contribution in [2.75, 3.05) is 5.75 Å². The number of hydrogen-bond acceptors (Lipinski definition) is 3. The summed E-state index contributed by atoms with van der Waals surface area (Å²) in [5.41, 5.74) is 1.43. The van der Waals surface area contributed by atoms with Gasteiger partial charge in [0.15, 0.2) is 9.84 Å². The van der Waals surface area contributed by atoms with Crippen molar-refractivity contribution in [3.8, 4) is 0 Å². The molecule has 0 amide bonds. The number of furan rings is 1. The largest absolute Gasteiger partial charge is 0.464 e. The second kappa shape index (κ2) is 4.22. The van der Waals surface area contributed by atoms with Crippen molar-refractivity contribution in [1.29, 1.82) is 0 Å². The van der Waals surface area contributed by atoms with Crippen LogP contribution < -0.4 is 0 Å². The Kier molecular flexibility index (Phi) is 3.08. The van der Waals surface area contributed by atoms with Gasteiger partial charge in [-0.3, -0.25) is 0 Å². The Morgan fingerprint density at radius 2 is 2.12 bits per heavy atom. The fourth-order valence-electron chi connectivity index (χ4n) is 1.50. The van der Waals surface area contributed by atoms with Gasteiger partial charge in [-0.05, 0) is 18.2 Å². The molecule has 0 spiro atoms. The molecule has 86 valence electrons. The van der Waals surface area contributed by atoms with Gasteiger partial charge in [0.05, 0.1) is 12.0 Å². The lowest BCUT2D eigenvalue weighted by Crippen LogP contribution is -2.05. The third-order valence-electron chi connectivity index (χ3n) is 2.43. The average molecular weight is 303 g/mol. The van der Waals surface area contributed by atoms with Crippen LogP contribution in [0.2, 0.25) is 0 Å². The Hall–Kier alpha value is -0.810. The third kappa shape index (κ3) is 2.30. The van der Waals surface area contributed by atoms with Gasteiger partial charge in [0.2, 0.25) is 0 Å². The maximum absolute atomic E-state index is 11.5. The van der Waals surface area contributed by atoms with Gasteiger partial charge in [0.25, 0.3) is 0 Å². The minimum atomic E-state index is -3.02. The monoisotopic (exact) mass is 302 g/mol. The first kappa shape index (κ1) is 11.7. The molecule has 0 saturated carbocycles. The molecule has 0 atom stereocenters. The van der Waals surface area contributed by atoms with Gasteiger partial charge < -0.3 is 4.42 Å². The lowest BCUT2D eigenvalue weighted by molar-refractivity contribution is 0.592. The minimum absolute atomic E-state index is 0.0347. The molecule has 2 aromatic rings. The molecule has 1 heterocycles. The van der Waals surface area contributed by atoms with E-state index in [1.807, 2.05) is 18.2 Å². The summed E-state index contributed by atoms with van der Waals surface area (Å²) in [6, 6.07) is 5.56. The zero-order valence-corrected chi connectivity index (χ0v) is 11.1. The van der Waals surface area contributed by atoms with E-state index in [0.717, 1.165) is 15.4 Å². The first-order valence-corrected chi connectivity index (χ1v) is 7.49. The molecule has 3 nitrogen and oxygen atoms in total. The lowest BCUT2D eigenvalue weighted by Gasteiger charge is -1.99. The molecule has 0 aliphatic carbocycles. The number of benzene rings is 1. The van der Waals surface area contributed by atoms with E-state index in [1.54, 1.807) is 6.92 Å². The van der Waals surface area contributed by atoms with Crippen LogP contribution in [-0.2, 0) is 15.6 Å². The van der Waals surface area contributed by atoms with Crippen molar-refractivity contribution >= 4 is 36.7 Å². The topological polar surface area (TPSA) is 47.3 Å². The molecule has 0 radical (unpaired) electrons. The van der Waals surface area contributed by atoms with E-state index in [9.17, 15) is 8.42 Å². The van der Waals surface area contributed by atoms with Gasteiger partial charge in [-0.1, -0.05) is 22.9 Å². The molecule has 0 saturated heterocycles. The van der Waals surface area contributed by atoms with Crippen LogP contribution in [0.1, 0.15) is 12.5 Å². The first-order chi connectivity index (χ1) is 7.52. The highest BCUT2D eigenvalue weighted by Crippen LogP contribution is 2.26. The van der Waals surface area contributed by atoms with Crippen molar-refractivity contribution in [2.45, 2.75) is 12.7 Å². The predicted molar refractivity (Wildman–Crippen MR) is 67.1 cm³/mol. The van der Waals surface area contributed by atoms with E-state index in [2.05, 4.69) is 15.9 Å². The van der Waals surface area contributed by atoms with Gasteiger partial charge in [0.1, 0.15) is 5.58 Å². The Balaban J connectivity index is 2.50. The second-order valence-electron chi connectivity index (χ2n) is 3.58. The Bertz CT molecular complexity index is 613. The third-order valence-corrected chi connectivity index (χ3v) is 4.55. The summed E-state index contributed by atoms with van der Waals surface area (Å²) >= 11 is 3.36. The fraction of sp³-hybridized carbons (Fsp3) is 0.273. The first-order valence-electron chi connectivity index (χ1n) is 4.88. The highest BCUT2D eigenvalue weighted by molar-refractivity contribution is 9.10. The van der Waals surface area contributed by atoms with Gasteiger partial charge in [-0.2, -0.15) is 0 Å². The molecule has 2 rings (SSSR count). The summed E-state index contributed by atoms with van der Waals surface area (Å²) in [6.45, 7) is 1.65. The molecule has 0 aliphatic rings. The van der Waals surface area contributed by atoms with E-state index in [4.69, 9.17) is 4.42 Å². The molecule has 16 heavy (non-hydrogen) atoms. The van der Waals surface area contributed by atoms with Crippen LogP contribution in [0, 0.1) is 0 Å². The van der Waals surface area contributed by atoms with Gasteiger partial charge in [-0.15, -0.1) is 0 Å². The number of rotatable bonds is 3. The average Bonchev–Trinajstić information content (AvgIpc) is 2.61. The van der Waals surface area contributed by atoms with E-state index in [0.29, 0.717) is 5.58 Å². The number of fused-ring (bicyclic) bond motifs is 1. The SMILES string of the molecule is CCS(=O)(=O)Cc1coc2ccc(Br)cc12. The predicted octanol–water partition coefficient (Wildman–Crippen LogP) is 3.13. The van der Waals surface area contributed by atoms with Crippen LogP contribution in [0.4, 0.5) is 0 Å². The van der Waals surface area contributed by atoms with Crippen LogP contribution in [0.3, 0.4) is 0 Å². The smallest absolute Gasteiger partial charge is 0.154 e. The summed E-state index contributed by atoms with van der Waals surface area (Å²) < 4.78 is 29.3. The Morgan fingerprint density at radius 1 is 1.38 bits per heavy atom. The zero-order chi connectivity index (χ0) is 11.8. The normalized spacial score (nSPS) is 12.1. The van der Waals surface area contributed by atoms with E-state index in [-0.39, 0.29) is 11.5 Å². The zero-order valence-electron chi connectivity index (χ0n) is 8.73. The molecule has 1 aromatic carbocycles. The van der Waals surface area contributed by atoms with E-state index < -0.39 is 9.84 Å². The molecular weight excluding hydrogens is 292 g/mol. The van der Waals surface area contributed by atoms with Crippen molar-refractivity contribution < 1.29 is 12.8 Å². The highest BCUT2D eigenvalue weighted by atomic mass is 79.9. The van der Waals surface area contributed by atoms with E-state index >= 15 is 0 Å². The molecule has 0 bridgehead atoms. The molecule has 1 aromatic heterocycles. The molecule has 0 aliphatic heterocycles. The van der Waals surface area contributed by atoms with Gasteiger partial charge >= 0.3 is 0 Å². The van der Waals surface area contributed by atoms with Crippen molar-refractivity contribution in [2.24, 2.45) is 0 Å². The maximum atomic E-state index is 11.5. The van der Waals surface area contributed by atoms with Crippen molar-refractivity contribution in [1.82, 2.24) is 0 Å². The van der Waals surface area contributed by atoms with Gasteiger partial charge in [-0.25, -0.2) is 8.42 Å². The maximum Gasteiger partial charge on any atom is 0.154 e. The number of hydrogen-bond donors (Lipinski definition) is 0. The standard InChI is InChI=1S/C11H11BrO3S/c1-2-16(13,14)7-8-6-15-11-4-3-9(12)5-10(8)11/h3-6H,2,7H2,1H3. The Labute approximate surface area is 102 Å². The number of sulfone groups is 1. The summed E-state index contributed by atoms with van der Waals surface area (Å²) in [5, 5.41) is 0.853. The van der Waals surface area contributed by atoms with Gasteiger partial charge in [0, 0.05) is 21.2 Å². The quantitative estimate of drug-likeness (QED) is 0.875. The summed E-state index contributed by atoms with van der Waals surface area (Å²) in [4.78, 5) is 0. The van der Waals surface area contributed by atoms with E-state index in [1.165, 1.54) is 6.26 Å². The van der Waals surface area contributed by atoms with Crippen LogP contribution in [0.5, 0.6) is 0 Å².